The number of hydrogen-bond acceptors (Lipinski definition) is 8. The number of nitrogens with one attached hydrogen (secondary N) is 2. The van der Waals surface area contributed by atoms with Crippen molar-refractivity contribution in [1.29, 1.82) is 0 Å². The maximum atomic E-state index is 14.6. The summed E-state index contributed by atoms with van der Waals surface area (Å²) >= 11 is 1.11. The van der Waals surface area contributed by atoms with Gasteiger partial charge in [-0.1, -0.05) is 11.3 Å². The van der Waals surface area contributed by atoms with Gasteiger partial charge in [0.2, 0.25) is 11.9 Å². The van der Waals surface area contributed by atoms with Crippen molar-refractivity contribution in [3.8, 4) is 17.0 Å². The molecule has 2 aromatic carbocycles. The van der Waals surface area contributed by atoms with Crippen molar-refractivity contribution in [3.63, 3.8) is 0 Å². The van der Waals surface area contributed by atoms with E-state index < -0.39 is 15.8 Å². The Morgan fingerprint density at radius 2 is 1.88 bits per heavy atom. The van der Waals surface area contributed by atoms with Crippen molar-refractivity contribution < 1.29 is 22.3 Å². The number of nitrogens with zero attached hydrogens (tertiary/aromatic N) is 3. The lowest BCUT2D eigenvalue weighted by Crippen LogP contribution is -2.15. The molecule has 0 saturated carbocycles. The number of anilines is 2. The first-order valence-corrected chi connectivity index (χ1v) is 11.4. The van der Waals surface area contributed by atoms with E-state index in [1.807, 2.05) is 0 Å². The van der Waals surface area contributed by atoms with Gasteiger partial charge in [0.15, 0.2) is 10.9 Å². The molecule has 0 aliphatic heterocycles. The van der Waals surface area contributed by atoms with Crippen LogP contribution in [-0.2, 0) is 14.8 Å². The van der Waals surface area contributed by atoms with Crippen LogP contribution < -0.4 is 14.8 Å². The van der Waals surface area contributed by atoms with Crippen LogP contribution >= 0.6 is 11.3 Å². The quantitative estimate of drug-likeness (QED) is 0.438. The van der Waals surface area contributed by atoms with E-state index in [0.29, 0.717) is 21.7 Å². The van der Waals surface area contributed by atoms with E-state index in [-0.39, 0.29) is 27.4 Å². The fourth-order valence-corrected chi connectivity index (χ4v) is 4.76. The van der Waals surface area contributed by atoms with Gasteiger partial charge < -0.3 is 10.1 Å². The molecule has 0 aliphatic rings. The van der Waals surface area contributed by atoms with E-state index in [2.05, 4.69) is 25.0 Å². The number of rotatable bonds is 6. The number of methoxy groups -OCH3 is 1. The summed E-state index contributed by atoms with van der Waals surface area (Å²) in [5.41, 5.74) is 0.833. The lowest BCUT2D eigenvalue weighted by atomic mass is 10.1. The molecule has 9 nitrogen and oxygen atoms in total. The maximum absolute atomic E-state index is 14.6. The fraction of sp³-hybridized carbons (Fsp3) is 0.100. The Balaban J connectivity index is 1.65. The van der Waals surface area contributed by atoms with Crippen LogP contribution in [0.1, 0.15) is 6.92 Å². The number of carbonyl (C=O) groups is 1. The standard InChI is InChI=1S/C20H16FN5O4S2/c1-11(27)23-20-25-18-15(21)9-12(10-17(18)31-20)16-7-8-22-19(24-16)26-32(28,29)14-5-3-13(30-2)4-6-14/h3-10H,1-2H3,(H,22,24,26)(H,23,25,27). The zero-order chi connectivity index (χ0) is 22.9. The predicted octanol–water partition coefficient (Wildman–Crippen LogP) is 3.66. The molecule has 0 spiro atoms. The molecule has 0 saturated heterocycles. The van der Waals surface area contributed by atoms with Crippen molar-refractivity contribution in [2.24, 2.45) is 0 Å². The molecule has 0 radical (unpaired) electrons. The van der Waals surface area contributed by atoms with Crippen LogP contribution in [0.4, 0.5) is 15.5 Å². The molecule has 4 aromatic rings. The van der Waals surface area contributed by atoms with E-state index in [0.717, 1.165) is 11.3 Å². The molecular formula is C20H16FN5O4S2. The van der Waals surface area contributed by atoms with Crippen LogP contribution in [0.3, 0.4) is 0 Å². The molecule has 32 heavy (non-hydrogen) atoms. The molecule has 2 aromatic heterocycles. The number of fused-ring (bicyclic) bond motifs is 1. The molecule has 0 aliphatic carbocycles. The van der Waals surface area contributed by atoms with Gasteiger partial charge in [-0.2, -0.15) is 0 Å². The highest BCUT2D eigenvalue weighted by Crippen LogP contribution is 2.32. The second-order valence-corrected chi connectivity index (χ2v) is 9.26. The van der Waals surface area contributed by atoms with E-state index in [1.54, 1.807) is 6.07 Å². The van der Waals surface area contributed by atoms with Crippen molar-refractivity contribution in [2.75, 3.05) is 17.1 Å². The molecular weight excluding hydrogens is 457 g/mol. The third kappa shape index (κ3) is 4.50. The number of aromatic nitrogens is 3. The van der Waals surface area contributed by atoms with Gasteiger partial charge >= 0.3 is 0 Å². The van der Waals surface area contributed by atoms with Crippen LogP contribution in [0.15, 0.2) is 53.6 Å². The molecule has 4 rings (SSSR count). The van der Waals surface area contributed by atoms with Crippen LogP contribution in [0.5, 0.6) is 5.75 Å². The summed E-state index contributed by atoms with van der Waals surface area (Å²) in [6, 6.07) is 10.3. The van der Waals surface area contributed by atoms with Crippen molar-refractivity contribution in [2.45, 2.75) is 11.8 Å². The lowest BCUT2D eigenvalue weighted by Gasteiger charge is -2.09. The highest BCUT2D eigenvalue weighted by atomic mass is 32.2. The monoisotopic (exact) mass is 473 g/mol. The van der Waals surface area contributed by atoms with Crippen LogP contribution in [0.25, 0.3) is 21.5 Å². The number of benzene rings is 2. The number of sulfonamides is 1. The third-order valence-corrected chi connectivity index (χ3v) is 6.54. The van der Waals surface area contributed by atoms with Crippen molar-refractivity contribution in [3.05, 3.63) is 54.5 Å². The summed E-state index contributed by atoms with van der Waals surface area (Å²) in [6.45, 7) is 1.34. The number of halogens is 1. The zero-order valence-corrected chi connectivity index (χ0v) is 18.4. The van der Waals surface area contributed by atoms with Gasteiger partial charge in [-0.25, -0.2) is 32.5 Å². The molecule has 0 fully saturated rings. The largest absolute Gasteiger partial charge is 0.497 e. The fourth-order valence-electron chi connectivity index (χ4n) is 2.84. The zero-order valence-electron chi connectivity index (χ0n) is 16.8. The summed E-state index contributed by atoms with van der Waals surface area (Å²) in [6.07, 6.45) is 1.37. The second kappa shape index (κ2) is 8.48. The molecule has 164 valence electrons. The highest BCUT2D eigenvalue weighted by molar-refractivity contribution is 7.92. The third-order valence-electron chi connectivity index (χ3n) is 4.28. The minimum atomic E-state index is -3.94. The molecule has 12 heteroatoms. The number of ether oxygens (including phenoxy) is 1. The molecule has 2 heterocycles. The summed E-state index contributed by atoms with van der Waals surface area (Å²) < 4.78 is 47.7. The Labute approximate surface area is 186 Å². The van der Waals surface area contributed by atoms with Gasteiger partial charge in [-0.05, 0) is 42.5 Å². The second-order valence-electron chi connectivity index (χ2n) is 6.55. The lowest BCUT2D eigenvalue weighted by molar-refractivity contribution is -0.114. The topological polar surface area (TPSA) is 123 Å². The van der Waals surface area contributed by atoms with Gasteiger partial charge in [-0.15, -0.1) is 0 Å². The first-order chi connectivity index (χ1) is 15.2. The average molecular weight is 474 g/mol. The molecule has 0 bridgehead atoms. The number of amides is 1. The minimum absolute atomic E-state index is 0.00919. The normalized spacial score (nSPS) is 11.3. The summed E-state index contributed by atoms with van der Waals surface area (Å²) in [4.78, 5) is 23.5. The summed E-state index contributed by atoms with van der Waals surface area (Å²) in [5, 5.41) is 2.81. The first kappa shape index (κ1) is 21.6. The SMILES string of the molecule is COc1ccc(S(=O)(=O)Nc2nccc(-c3cc(F)c4nc(NC(C)=O)sc4c3)n2)cc1. The molecule has 1 amide bonds. The molecule has 0 atom stereocenters. The summed E-state index contributed by atoms with van der Waals surface area (Å²) in [5.74, 6) is -0.551. The van der Waals surface area contributed by atoms with E-state index in [1.165, 1.54) is 56.6 Å². The van der Waals surface area contributed by atoms with Crippen LogP contribution in [0.2, 0.25) is 0 Å². The molecule has 0 unspecified atom stereocenters. The Morgan fingerprint density at radius 1 is 1.12 bits per heavy atom. The Bertz CT molecular complexity index is 1420. The average Bonchev–Trinajstić information content (AvgIpc) is 3.16. The minimum Gasteiger partial charge on any atom is -0.497 e. The Morgan fingerprint density at radius 3 is 2.56 bits per heavy atom. The van der Waals surface area contributed by atoms with Gasteiger partial charge in [-0.3, -0.25) is 4.79 Å². The van der Waals surface area contributed by atoms with Crippen LogP contribution in [0, 0.1) is 5.82 Å². The first-order valence-electron chi connectivity index (χ1n) is 9.13. The smallest absolute Gasteiger partial charge is 0.264 e. The van der Waals surface area contributed by atoms with Gasteiger partial charge in [0.05, 0.1) is 22.4 Å². The van der Waals surface area contributed by atoms with E-state index in [9.17, 15) is 17.6 Å². The highest BCUT2D eigenvalue weighted by Gasteiger charge is 2.17. The number of thiazole rings is 1. The van der Waals surface area contributed by atoms with E-state index in [4.69, 9.17) is 4.74 Å². The summed E-state index contributed by atoms with van der Waals surface area (Å²) in [7, 11) is -2.46. The Hall–Kier alpha value is -3.64. The maximum Gasteiger partial charge on any atom is 0.264 e. The van der Waals surface area contributed by atoms with Gasteiger partial charge in [0.25, 0.3) is 10.0 Å². The Kier molecular flexibility index (Phi) is 5.72. The van der Waals surface area contributed by atoms with Gasteiger partial charge in [0, 0.05) is 18.7 Å². The van der Waals surface area contributed by atoms with E-state index >= 15 is 0 Å². The van der Waals surface area contributed by atoms with Crippen molar-refractivity contribution in [1.82, 2.24) is 15.0 Å². The molecule has 2 N–H and O–H groups in total. The number of carbonyl (C=O) groups excluding carboxylic acids is 1. The van der Waals surface area contributed by atoms with Crippen LogP contribution in [-0.4, -0.2) is 36.4 Å². The van der Waals surface area contributed by atoms with Gasteiger partial charge in [0.1, 0.15) is 11.3 Å². The van der Waals surface area contributed by atoms with Crippen molar-refractivity contribution >= 4 is 48.6 Å². The number of hydrogen-bond donors (Lipinski definition) is 2. The predicted molar refractivity (Wildman–Crippen MR) is 119 cm³/mol.